The van der Waals surface area contributed by atoms with E-state index in [4.69, 9.17) is 23.2 Å². The van der Waals surface area contributed by atoms with Crippen LogP contribution in [0.3, 0.4) is 0 Å². The number of anilines is 1. The summed E-state index contributed by atoms with van der Waals surface area (Å²) < 4.78 is 0. The molecule has 0 spiro atoms. The molecule has 5 heteroatoms. The molecular formula is C15H15Cl2NO2. The summed E-state index contributed by atoms with van der Waals surface area (Å²) in [4.78, 5) is 26.3. The van der Waals surface area contributed by atoms with Crippen LogP contribution in [0.1, 0.15) is 26.2 Å². The highest BCUT2D eigenvalue weighted by Crippen LogP contribution is 2.43. The van der Waals surface area contributed by atoms with Crippen molar-refractivity contribution in [2.45, 2.75) is 26.2 Å². The predicted octanol–water partition coefficient (Wildman–Crippen LogP) is 3.92. The summed E-state index contributed by atoms with van der Waals surface area (Å²) in [5, 5.41) is 0.828. The molecule has 2 fully saturated rings. The Bertz CT molecular complexity index is 587. The molecule has 0 bridgehead atoms. The van der Waals surface area contributed by atoms with Crippen molar-refractivity contribution in [2.75, 3.05) is 4.90 Å². The Morgan fingerprint density at radius 2 is 1.80 bits per heavy atom. The van der Waals surface area contributed by atoms with Gasteiger partial charge in [0, 0.05) is 5.02 Å². The zero-order chi connectivity index (χ0) is 14.4. The molecule has 106 valence electrons. The molecule has 3 atom stereocenters. The van der Waals surface area contributed by atoms with Crippen LogP contribution >= 0.6 is 23.2 Å². The van der Waals surface area contributed by atoms with Crippen molar-refractivity contribution >= 4 is 40.7 Å². The Morgan fingerprint density at radius 3 is 2.50 bits per heavy atom. The number of fused-ring (bicyclic) bond motifs is 1. The number of halogens is 2. The van der Waals surface area contributed by atoms with Crippen molar-refractivity contribution in [3.63, 3.8) is 0 Å². The van der Waals surface area contributed by atoms with Crippen LogP contribution in [0.4, 0.5) is 5.69 Å². The van der Waals surface area contributed by atoms with E-state index >= 15 is 0 Å². The van der Waals surface area contributed by atoms with Crippen molar-refractivity contribution in [3.8, 4) is 0 Å². The quantitative estimate of drug-likeness (QED) is 0.737. The summed E-state index contributed by atoms with van der Waals surface area (Å²) in [6.45, 7) is 2.13. The lowest BCUT2D eigenvalue weighted by molar-refractivity contribution is -0.122. The van der Waals surface area contributed by atoms with E-state index in [1.165, 1.54) is 4.90 Å². The van der Waals surface area contributed by atoms with Crippen LogP contribution in [0.15, 0.2) is 18.2 Å². The maximum atomic E-state index is 12.5. The number of rotatable bonds is 1. The van der Waals surface area contributed by atoms with Gasteiger partial charge in [0.25, 0.3) is 0 Å². The van der Waals surface area contributed by atoms with Crippen LogP contribution in [0.2, 0.25) is 10.0 Å². The summed E-state index contributed by atoms with van der Waals surface area (Å²) in [7, 11) is 0. The van der Waals surface area contributed by atoms with Gasteiger partial charge in [-0.2, -0.15) is 0 Å². The highest BCUT2D eigenvalue weighted by molar-refractivity contribution is 6.38. The van der Waals surface area contributed by atoms with Gasteiger partial charge >= 0.3 is 0 Å². The van der Waals surface area contributed by atoms with Crippen LogP contribution in [0, 0.1) is 17.8 Å². The number of benzene rings is 1. The van der Waals surface area contributed by atoms with Crippen molar-refractivity contribution < 1.29 is 9.59 Å². The first kappa shape index (κ1) is 13.9. The predicted molar refractivity (Wildman–Crippen MR) is 79.0 cm³/mol. The molecule has 3 rings (SSSR count). The van der Waals surface area contributed by atoms with E-state index in [1.807, 2.05) is 0 Å². The van der Waals surface area contributed by atoms with Gasteiger partial charge in [-0.1, -0.05) is 30.1 Å². The average Bonchev–Trinajstić information content (AvgIpc) is 2.63. The fraction of sp³-hybridized carbons (Fsp3) is 0.467. The third-order valence-electron chi connectivity index (χ3n) is 4.34. The van der Waals surface area contributed by atoms with E-state index in [9.17, 15) is 9.59 Å². The fourth-order valence-corrected chi connectivity index (χ4v) is 3.78. The third kappa shape index (κ3) is 2.13. The number of imide groups is 1. The van der Waals surface area contributed by atoms with Gasteiger partial charge in [-0.15, -0.1) is 0 Å². The fourth-order valence-electron chi connectivity index (χ4n) is 3.29. The molecule has 1 saturated heterocycles. The molecule has 0 N–H and O–H groups in total. The van der Waals surface area contributed by atoms with Crippen LogP contribution in [-0.2, 0) is 9.59 Å². The minimum absolute atomic E-state index is 0.115. The summed E-state index contributed by atoms with van der Waals surface area (Å²) in [6.07, 6.45) is 2.58. The van der Waals surface area contributed by atoms with Gasteiger partial charge in [0.2, 0.25) is 11.8 Å². The first-order chi connectivity index (χ1) is 9.49. The highest BCUT2D eigenvalue weighted by Gasteiger charge is 2.50. The molecular weight excluding hydrogens is 297 g/mol. The largest absolute Gasteiger partial charge is 0.274 e. The smallest absolute Gasteiger partial charge is 0.237 e. The second-order valence-corrected chi connectivity index (χ2v) is 6.58. The molecule has 3 nitrogen and oxygen atoms in total. The van der Waals surface area contributed by atoms with E-state index in [0.29, 0.717) is 21.7 Å². The van der Waals surface area contributed by atoms with Gasteiger partial charge < -0.3 is 0 Å². The monoisotopic (exact) mass is 311 g/mol. The number of nitrogens with zero attached hydrogens (tertiary/aromatic N) is 1. The molecule has 1 saturated carbocycles. The van der Waals surface area contributed by atoms with Gasteiger partial charge in [-0.25, -0.2) is 4.90 Å². The zero-order valence-corrected chi connectivity index (χ0v) is 12.6. The summed E-state index contributed by atoms with van der Waals surface area (Å²) in [5.74, 6) is -0.0935. The molecule has 1 aromatic rings. The van der Waals surface area contributed by atoms with Gasteiger partial charge in [-0.05, 0) is 43.4 Å². The van der Waals surface area contributed by atoms with E-state index in [1.54, 1.807) is 18.2 Å². The summed E-state index contributed by atoms with van der Waals surface area (Å²) >= 11 is 12.0. The highest BCUT2D eigenvalue weighted by atomic mass is 35.5. The Morgan fingerprint density at radius 1 is 1.10 bits per heavy atom. The number of amides is 2. The standard InChI is InChI=1S/C15H15Cl2NO2/c1-8-2-4-10-11(6-8)15(20)18(14(10)19)13-5-3-9(16)7-12(13)17/h3,5,7-8,10-11H,2,4,6H2,1H3/t8-,10-,11+/m1/s1. The van der Waals surface area contributed by atoms with Crippen LogP contribution in [-0.4, -0.2) is 11.8 Å². The van der Waals surface area contributed by atoms with Crippen molar-refractivity contribution in [2.24, 2.45) is 17.8 Å². The lowest BCUT2D eigenvalue weighted by Crippen LogP contribution is -2.31. The molecule has 20 heavy (non-hydrogen) atoms. The molecule has 0 radical (unpaired) electrons. The Labute approximate surface area is 127 Å². The number of carbonyl (C=O) groups excluding carboxylic acids is 2. The van der Waals surface area contributed by atoms with Gasteiger partial charge in [-0.3, -0.25) is 9.59 Å². The Balaban J connectivity index is 1.98. The Kier molecular flexibility index (Phi) is 3.51. The van der Waals surface area contributed by atoms with Crippen LogP contribution < -0.4 is 4.90 Å². The van der Waals surface area contributed by atoms with Gasteiger partial charge in [0.15, 0.2) is 0 Å². The molecule has 2 amide bonds. The molecule has 1 aromatic carbocycles. The van der Waals surface area contributed by atoms with Gasteiger partial charge in [0.05, 0.1) is 22.5 Å². The van der Waals surface area contributed by atoms with E-state index in [0.717, 1.165) is 19.3 Å². The normalized spacial score (nSPS) is 29.8. The number of carbonyl (C=O) groups is 2. The molecule has 1 aliphatic heterocycles. The lowest BCUT2D eigenvalue weighted by Gasteiger charge is -2.25. The first-order valence-electron chi connectivity index (χ1n) is 6.82. The maximum Gasteiger partial charge on any atom is 0.237 e. The van der Waals surface area contributed by atoms with E-state index in [2.05, 4.69) is 6.92 Å². The minimum Gasteiger partial charge on any atom is -0.274 e. The molecule has 2 aliphatic rings. The van der Waals surface area contributed by atoms with Gasteiger partial charge in [0.1, 0.15) is 0 Å². The lowest BCUT2D eigenvalue weighted by atomic mass is 9.76. The van der Waals surface area contributed by atoms with Crippen LogP contribution in [0.5, 0.6) is 0 Å². The molecule has 0 unspecified atom stereocenters. The Hall–Kier alpha value is -1.06. The molecule has 1 aliphatic carbocycles. The van der Waals surface area contributed by atoms with Crippen molar-refractivity contribution in [1.82, 2.24) is 0 Å². The van der Waals surface area contributed by atoms with E-state index in [-0.39, 0.29) is 23.7 Å². The van der Waals surface area contributed by atoms with Crippen molar-refractivity contribution in [1.29, 1.82) is 0 Å². The summed E-state index contributed by atoms with van der Waals surface area (Å²) in [5.41, 5.74) is 0.452. The average molecular weight is 312 g/mol. The minimum atomic E-state index is -0.182. The molecule has 1 heterocycles. The zero-order valence-electron chi connectivity index (χ0n) is 11.1. The number of hydrogen-bond donors (Lipinski definition) is 0. The SMILES string of the molecule is C[C@@H]1CC[C@H]2C(=O)N(c3ccc(Cl)cc3Cl)C(=O)[C@H]2C1. The maximum absolute atomic E-state index is 12.5. The topological polar surface area (TPSA) is 37.4 Å². The first-order valence-corrected chi connectivity index (χ1v) is 7.57. The third-order valence-corrected chi connectivity index (χ3v) is 4.88. The number of hydrogen-bond acceptors (Lipinski definition) is 2. The second-order valence-electron chi connectivity index (χ2n) is 5.74. The summed E-state index contributed by atoms with van der Waals surface area (Å²) in [6, 6.07) is 4.85. The second kappa shape index (κ2) is 5.05. The van der Waals surface area contributed by atoms with Crippen LogP contribution in [0.25, 0.3) is 0 Å². The molecule has 0 aromatic heterocycles. The van der Waals surface area contributed by atoms with E-state index < -0.39 is 0 Å². The van der Waals surface area contributed by atoms with Crippen molar-refractivity contribution in [3.05, 3.63) is 28.2 Å².